The molecular weight excluding hydrogens is 325 g/mol. The summed E-state index contributed by atoms with van der Waals surface area (Å²) in [5, 5.41) is 10.9. The van der Waals surface area contributed by atoms with Crippen molar-refractivity contribution in [3.63, 3.8) is 0 Å². The van der Waals surface area contributed by atoms with Crippen LogP contribution in [-0.4, -0.2) is 15.7 Å². The lowest BCUT2D eigenvalue weighted by Crippen LogP contribution is -2.30. The number of hydrogen-bond donors (Lipinski definition) is 1. The number of pyridine rings is 1. The average Bonchev–Trinajstić information content (AvgIpc) is 2.89. The monoisotopic (exact) mass is 351 g/mol. The summed E-state index contributed by atoms with van der Waals surface area (Å²) in [6, 6.07) is 10.5. The van der Waals surface area contributed by atoms with Crippen molar-refractivity contribution in [2.75, 3.05) is 0 Å². The Morgan fingerprint density at radius 1 is 1.15 bits per heavy atom. The van der Waals surface area contributed by atoms with E-state index >= 15 is 0 Å². The average molecular weight is 351 g/mol. The van der Waals surface area contributed by atoms with Gasteiger partial charge in [0.1, 0.15) is 5.82 Å². The third-order valence-corrected chi connectivity index (χ3v) is 6.24. The minimum absolute atomic E-state index is 0.206. The summed E-state index contributed by atoms with van der Waals surface area (Å²) in [7, 11) is 0. The van der Waals surface area contributed by atoms with Crippen LogP contribution in [0.1, 0.15) is 44.7 Å². The molecule has 0 radical (unpaired) electrons. The van der Waals surface area contributed by atoms with Crippen LogP contribution in [0.25, 0.3) is 17.2 Å². The quantitative estimate of drug-likeness (QED) is 0.794. The van der Waals surface area contributed by atoms with Crippen LogP contribution in [-0.2, 0) is 0 Å². The lowest BCUT2D eigenvalue weighted by atomic mass is 9.77. The van der Waals surface area contributed by atoms with Crippen LogP contribution in [0.3, 0.4) is 0 Å². The Morgan fingerprint density at radius 3 is 2.77 bits per heavy atom. The highest BCUT2D eigenvalue weighted by Crippen LogP contribution is 2.51. The van der Waals surface area contributed by atoms with E-state index in [1.807, 2.05) is 31.2 Å². The topological polar surface area (TPSA) is 33.1 Å². The maximum Gasteiger partial charge on any atom is 0.123 e. The fourth-order valence-corrected chi connectivity index (χ4v) is 4.99. The smallest absolute Gasteiger partial charge is 0.123 e. The molecule has 2 saturated carbocycles. The first-order chi connectivity index (χ1) is 12.5. The second-order valence-electron chi connectivity index (χ2n) is 8.14. The summed E-state index contributed by atoms with van der Waals surface area (Å²) in [6.07, 6.45) is 12.0. The molecule has 1 heterocycles. The number of aromatic nitrogens is 1. The lowest BCUT2D eigenvalue weighted by Gasteiger charge is -2.29. The van der Waals surface area contributed by atoms with Gasteiger partial charge in [-0.2, -0.15) is 0 Å². The fourth-order valence-electron chi connectivity index (χ4n) is 4.99. The molecule has 2 aliphatic rings. The number of nitrogens with zero attached hydrogens (tertiary/aromatic N) is 1. The first kappa shape index (κ1) is 17.4. The van der Waals surface area contributed by atoms with E-state index in [9.17, 15) is 9.50 Å². The van der Waals surface area contributed by atoms with Gasteiger partial charge in [0.2, 0.25) is 0 Å². The van der Waals surface area contributed by atoms with Gasteiger partial charge in [0.05, 0.1) is 11.3 Å². The van der Waals surface area contributed by atoms with Crippen LogP contribution in [0.5, 0.6) is 0 Å². The Morgan fingerprint density at radius 2 is 2.00 bits per heavy atom. The van der Waals surface area contributed by atoms with Crippen LogP contribution in [0.2, 0.25) is 0 Å². The number of aliphatic hydroxyl groups is 1. The van der Waals surface area contributed by atoms with Gasteiger partial charge >= 0.3 is 0 Å². The standard InChI is InChI=1S/C23H26FNO/c1-23(26)14-17-5-2-3-8-21(17)22(23)12-11-20-10-9-18(15-25-20)16-6-4-7-19(24)13-16/h4,6-7,9-13,15,17,21-22,26H,2-3,5,8,14H2,1H3/b12-11+/t17-,21-,22+,23+/m1/s1. The molecule has 0 aliphatic heterocycles. The maximum atomic E-state index is 13.4. The third kappa shape index (κ3) is 3.45. The minimum atomic E-state index is -0.613. The van der Waals surface area contributed by atoms with Gasteiger partial charge in [0, 0.05) is 17.7 Å². The van der Waals surface area contributed by atoms with E-state index in [2.05, 4.69) is 11.1 Å². The Kier molecular flexibility index (Phi) is 4.66. The summed E-state index contributed by atoms with van der Waals surface area (Å²) in [6.45, 7) is 1.99. The molecule has 136 valence electrons. The van der Waals surface area contributed by atoms with Crippen molar-refractivity contribution < 1.29 is 9.50 Å². The van der Waals surface area contributed by atoms with E-state index in [4.69, 9.17) is 0 Å². The number of fused-ring (bicyclic) bond motifs is 1. The molecule has 0 bridgehead atoms. The third-order valence-electron chi connectivity index (χ3n) is 6.24. The van der Waals surface area contributed by atoms with E-state index in [0.717, 1.165) is 23.2 Å². The number of benzene rings is 1. The predicted molar refractivity (Wildman–Crippen MR) is 103 cm³/mol. The molecule has 1 N–H and O–H groups in total. The molecule has 26 heavy (non-hydrogen) atoms. The van der Waals surface area contributed by atoms with Gasteiger partial charge in [-0.3, -0.25) is 4.98 Å². The Bertz CT molecular complexity index is 796. The van der Waals surface area contributed by atoms with Gasteiger partial charge < -0.3 is 5.11 Å². The molecule has 2 aliphatic carbocycles. The van der Waals surface area contributed by atoms with Gasteiger partial charge in [-0.05, 0) is 61.4 Å². The van der Waals surface area contributed by atoms with E-state index in [0.29, 0.717) is 11.8 Å². The van der Waals surface area contributed by atoms with Crippen LogP contribution in [0.15, 0.2) is 48.7 Å². The normalized spacial score (nSPS) is 31.3. The molecule has 0 spiro atoms. The van der Waals surface area contributed by atoms with Crippen molar-refractivity contribution in [1.82, 2.24) is 4.98 Å². The van der Waals surface area contributed by atoms with Gasteiger partial charge in [-0.25, -0.2) is 4.39 Å². The van der Waals surface area contributed by atoms with Crippen LogP contribution in [0, 0.1) is 23.6 Å². The number of rotatable bonds is 3. The van der Waals surface area contributed by atoms with Crippen LogP contribution in [0.4, 0.5) is 4.39 Å². The lowest BCUT2D eigenvalue weighted by molar-refractivity contribution is 0.0297. The highest BCUT2D eigenvalue weighted by molar-refractivity contribution is 5.63. The van der Waals surface area contributed by atoms with Crippen molar-refractivity contribution >= 4 is 6.08 Å². The van der Waals surface area contributed by atoms with Crippen molar-refractivity contribution in [3.8, 4) is 11.1 Å². The van der Waals surface area contributed by atoms with Gasteiger partial charge in [-0.1, -0.05) is 43.5 Å². The molecule has 4 rings (SSSR count). The molecule has 1 aromatic heterocycles. The maximum absolute atomic E-state index is 13.4. The molecule has 2 aromatic rings. The number of halogens is 1. The highest BCUT2D eigenvalue weighted by atomic mass is 19.1. The minimum Gasteiger partial charge on any atom is -0.390 e. The van der Waals surface area contributed by atoms with E-state index < -0.39 is 5.60 Å². The van der Waals surface area contributed by atoms with Gasteiger partial charge in [-0.15, -0.1) is 0 Å². The van der Waals surface area contributed by atoms with E-state index in [1.165, 1.54) is 37.8 Å². The summed E-state index contributed by atoms with van der Waals surface area (Å²) >= 11 is 0. The van der Waals surface area contributed by atoms with Crippen LogP contribution >= 0.6 is 0 Å². The molecule has 1 aromatic carbocycles. The Labute approximate surface area is 154 Å². The van der Waals surface area contributed by atoms with Gasteiger partial charge in [0.25, 0.3) is 0 Å². The van der Waals surface area contributed by atoms with Crippen molar-refractivity contribution in [3.05, 3.63) is 60.2 Å². The summed E-state index contributed by atoms with van der Waals surface area (Å²) in [4.78, 5) is 4.51. The second kappa shape index (κ2) is 6.96. The Hall–Kier alpha value is -2.00. The van der Waals surface area contributed by atoms with E-state index in [1.54, 1.807) is 12.3 Å². The van der Waals surface area contributed by atoms with Crippen LogP contribution < -0.4 is 0 Å². The molecule has 3 heteroatoms. The molecule has 2 fully saturated rings. The molecule has 4 atom stereocenters. The first-order valence-corrected chi connectivity index (χ1v) is 9.65. The SMILES string of the molecule is C[C@]1(O)C[C@H]2CCCC[C@H]2[C@@H]1/C=C/c1ccc(-c2cccc(F)c2)cn1. The molecule has 0 amide bonds. The zero-order valence-corrected chi connectivity index (χ0v) is 15.2. The summed E-state index contributed by atoms with van der Waals surface area (Å²) in [5.74, 6) is 1.23. The number of hydrogen-bond acceptors (Lipinski definition) is 2. The Balaban J connectivity index is 1.51. The second-order valence-corrected chi connectivity index (χ2v) is 8.14. The van der Waals surface area contributed by atoms with Gasteiger partial charge in [0.15, 0.2) is 0 Å². The zero-order valence-electron chi connectivity index (χ0n) is 15.2. The zero-order chi connectivity index (χ0) is 18.1. The summed E-state index contributed by atoms with van der Waals surface area (Å²) in [5.41, 5.74) is 2.00. The highest BCUT2D eigenvalue weighted by Gasteiger charge is 2.48. The predicted octanol–water partition coefficient (Wildman–Crippen LogP) is 5.48. The van der Waals surface area contributed by atoms with E-state index in [-0.39, 0.29) is 11.7 Å². The van der Waals surface area contributed by atoms with Crippen molar-refractivity contribution in [2.45, 2.75) is 44.6 Å². The molecule has 0 saturated heterocycles. The molecular formula is C23H26FNO. The molecule has 2 nitrogen and oxygen atoms in total. The van der Waals surface area contributed by atoms with Crippen molar-refractivity contribution in [1.29, 1.82) is 0 Å². The fraction of sp³-hybridized carbons (Fsp3) is 0.435. The summed E-state index contributed by atoms with van der Waals surface area (Å²) < 4.78 is 13.4. The largest absolute Gasteiger partial charge is 0.390 e. The molecule has 0 unspecified atom stereocenters. The van der Waals surface area contributed by atoms with Crippen molar-refractivity contribution in [2.24, 2.45) is 17.8 Å². The first-order valence-electron chi connectivity index (χ1n) is 9.65.